The molecule has 8 nitrogen and oxygen atoms in total. The molecule has 0 saturated carbocycles. The molecule has 0 fully saturated rings. The molecule has 3 aromatic rings. The Hall–Kier alpha value is -4.17. The summed E-state index contributed by atoms with van der Waals surface area (Å²) in [5, 5.41) is 9.31. The lowest BCUT2D eigenvalue weighted by atomic mass is 10.1. The van der Waals surface area contributed by atoms with Crippen molar-refractivity contribution < 1.29 is 19.1 Å². The molecule has 3 aromatic carbocycles. The van der Waals surface area contributed by atoms with Gasteiger partial charge in [-0.15, -0.1) is 0 Å². The van der Waals surface area contributed by atoms with Crippen LogP contribution in [0.2, 0.25) is 5.02 Å². The van der Waals surface area contributed by atoms with Crippen LogP contribution in [0.3, 0.4) is 0 Å². The van der Waals surface area contributed by atoms with Crippen molar-refractivity contribution in [2.24, 2.45) is 5.10 Å². The Bertz CT molecular complexity index is 1240. The van der Waals surface area contributed by atoms with E-state index >= 15 is 0 Å². The molecule has 0 aromatic heterocycles. The van der Waals surface area contributed by atoms with Crippen molar-refractivity contribution in [1.82, 2.24) is 5.43 Å². The average molecular weight is 479 g/mol. The molecule has 174 valence electrons. The number of benzene rings is 3. The third-order valence-electron chi connectivity index (χ3n) is 4.59. The Labute approximate surface area is 202 Å². The largest absolute Gasteiger partial charge is 0.484 e. The van der Waals surface area contributed by atoms with E-state index in [1.807, 2.05) is 32.0 Å². The molecule has 3 amide bonds. The molecule has 3 rings (SSSR count). The van der Waals surface area contributed by atoms with Gasteiger partial charge in [0.15, 0.2) is 6.61 Å². The molecule has 34 heavy (non-hydrogen) atoms. The van der Waals surface area contributed by atoms with Gasteiger partial charge in [-0.2, -0.15) is 5.10 Å². The summed E-state index contributed by atoms with van der Waals surface area (Å²) in [4.78, 5) is 36.1. The fourth-order valence-corrected chi connectivity index (χ4v) is 3.11. The van der Waals surface area contributed by atoms with Crippen LogP contribution in [-0.4, -0.2) is 30.5 Å². The summed E-state index contributed by atoms with van der Waals surface area (Å²) in [5.41, 5.74) is 5.87. The van der Waals surface area contributed by atoms with Gasteiger partial charge in [0.1, 0.15) is 5.75 Å². The minimum Gasteiger partial charge on any atom is -0.484 e. The monoisotopic (exact) mass is 478 g/mol. The molecule has 3 N–H and O–H groups in total. The lowest BCUT2D eigenvalue weighted by Gasteiger charge is -2.10. The maximum Gasteiger partial charge on any atom is 0.329 e. The molecule has 0 aliphatic carbocycles. The highest BCUT2D eigenvalue weighted by molar-refractivity contribution is 6.41. The summed E-state index contributed by atoms with van der Waals surface area (Å²) in [6.07, 6.45) is 1.35. The molecular weight excluding hydrogens is 456 g/mol. The molecule has 0 spiro atoms. The Balaban J connectivity index is 1.49. The van der Waals surface area contributed by atoms with E-state index in [1.165, 1.54) is 6.21 Å². The molecule has 0 unspecified atom stereocenters. The van der Waals surface area contributed by atoms with Crippen molar-refractivity contribution in [3.05, 3.63) is 88.4 Å². The molecule has 0 aliphatic rings. The summed E-state index contributed by atoms with van der Waals surface area (Å²) in [7, 11) is 0. The van der Waals surface area contributed by atoms with Gasteiger partial charge in [-0.25, -0.2) is 5.43 Å². The number of rotatable bonds is 7. The Morgan fingerprint density at radius 1 is 0.912 bits per heavy atom. The normalized spacial score (nSPS) is 10.6. The first-order valence-electron chi connectivity index (χ1n) is 10.3. The fraction of sp³-hybridized carbons (Fsp3) is 0.120. The number of anilines is 2. The second kappa shape index (κ2) is 11.6. The first-order chi connectivity index (χ1) is 16.3. The number of nitrogens with zero attached hydrogens (tertiary/aromatic N) is 1. The van der Waals surface area contributed by atoms with Gasteiger partial charge in [-0.05, 0) is 55.3 Å². The van der Waals surface area contributed by atoms with Crippen LogP contribution >= 0.6 is 11.6 Å². The van der Waals surface area contributed by atoms with Crippen molar-refractivity contribution in [2.45, 2.75) is 13.8 Å². The average Bonchev–Trinajstić information content (AvgIpc) is 2.81. The van der Waals surface area contributed by atoms with Crippen molar-refractivity contribution in [3.8, 4) is 5.75 Å². The number of carbonyl (C=O) groups excluding carboxylic acids is 3. The van der Waals surface area contributed by atoms with Crippen molar-refractivity contribution in [3.63, 3.8) is 0 Å². The lowest BCUT2D eigenvalue weighted by Crippen LogP contribution is -2.32. The van der Waals surface area contributed by atoms with E-state index in [0.29, 0.717) is 22.0 Å². The number of halogens is 1. The van der Waals surface area contributed by atoms with Crippen LogP contribution in [0.5, 0.6) is 5.75 Å². The van der Waals surface area contributed by atoms with Crippen molar-refractivity contribution >= 4 is 46.9 Å². The van der Waals surface area contributed by atoms with Crippen LogP contribution in [0.15, 0.2) is 71.8 Å². The highest BCUT2D eigenvalue weighted by Crippen LogP contribution is 2.20. The van der Waals surface area contributed by atoms with Gasteiger partial charge in [0.05, 0.1) is 16.9 Å². The fourth-order valence-electron chi connectivity index (χ4n) is 2.93. The van der Waals surface area contributed by atoms with Gasteiger partial charge in [0.2, 0.25) is 0 Å². The highest BCUT2D eigenvalue weighted by Gasteiger charge is 2.14. The van der Waals surface area contributed by atoms with E-state index < -0.39 is 11.8 Å². The van der Waals surface area contributed by atoms with Gasteiger partial charge >= 0.3 is 11.8 Å². The van der Waals surface area contributed by atoms with E-state index in [1.54, 1.807) is 48.5 Å². The van der Waals surface area contributed by atoms with E-state index in [4.69, 9.17) is 16.3 Å². The number of ether oxygens (including phenoxy) is 1. The maximum absolute atomic E-state index is 12.2. The topological polar surface area (TPSA) is 109 Å². The number of hydrogen-bond donors (Lipinski definition) is 3. The minimum absolute atomic E-state index is 0.174. The van der Waals surface area contributed by atoms with Crippen LogP contribution in [0, 0.1) is 13.8 Å². The van der Waals surface area contributed by atoms with Crippen LogP contribution in [0.1, 0.15) is 16.7 Å². The quantitative estimate of drug-likeness (QED) is 0.270. The number of hydrazone groups is 1. The minimum atomic E-state index is -0.952. The number of hydrogen-bond acceptors (Lipinski definition) is 5. The summed E-state index contributed by atoms with van der Waals surface area (Å²) in [5.74, 6) is -1.70. The molecule has 0 atom stereocenters. The van der Waals surface area contributed by atoms with Gasteiger partial charge in [-0.3, -0.25) is 14.4 Å². The highest BCUT2D eigenvalue weighted by atomic mass is 35.5. The smallest absolute Gasteiger partial charge is 0.329 e. The van der Waals surface area contributed by atoms with Crippen LogP contribution in [0.4, 0.5) is 11.4 Å². The zero-order chi connectivity index (χ0) is 24.5. The summed E-state index contributed by atoms with van der Waals surface area (Å²) < 4.78 is 5.55. The molecule has 0 radical (unpaired) electrons. The summed E-state index contributed by atoms with van der Waals surface area (Å²) in [6, 6.07) is 19.1. The first-order valence-corrected chi connectivity index (χ1v) is 10.7. The van der Waals surface area contributed by atoms with Gasteiger partial charge in [-0.1, -0.05) is 53.6 Å². The number of aryl methyl sites for hydroxylation is 2. The third-order valence-corrected chi connectivity index (χ3v) is 4.92. The van der Waals surface area contributed by atoms with Crippen LogP contribution < -0.4 is 20.8 Å². The second-order valence-corrected chi connectivity index (χ2v) is 7.77. The SMILES string of the molecule is Cc1ccc(NC(=O)COc2cccc(/C=N\NC(=O)C(=O)Nc3ccccc3Cl)c2)c(C)c1. The molecular formula is C25H23ClN4O4. The van der Waals surface area contributed by atoms with E-state index in [0.717, 1.165) is 16.8 Å². The van der Waals surface area contributed by atoms with E-state index in [-0.39, 0.29) is 12.5 Å². The molecule has 0 heterocycles. The van der Waals surface area contributed by atoms with E-state index in [9.17, 15) is 14.4 Å². The first kappa shape index (κ1) is 24.5. The maximum atomic E-state index is 12.2. The number of nitrogens with one attached hydrogen (secondary N) is 3. The standard InChI is InChI=1S/C25H23ClN4O4/c1-16-10-11-21(17(2)12-16)28-23(31)15-34-19-7-5-6-18(13-19)14-27-30-25(33)24(32)29-22-9-4-3-8-20(22)26/h3-14H,15H2,1-2H3,(H,28,31)(H,29,32)(H,30,33)/b27-14-. The Morgan fingerprint density at radius 2 is 1.71 bits per heavy atom. The molecule has 0 aliphatic heterocycles. The second-order valence-electron chi connectivity index (χ2n) is 7.36. The Kier molecular flexibility index (Phi) is 8.37. The third kappa shape index (κ3) is 7.18. The molecule has 0 saturated heterocycles. The van der Waals surface area contributed by atoms with Crippen LogP contribution in [-0.2, 0) is 14.4 Å². The zero-order valence-corrected chi connectivity index (χ0v) is 19.3. The number of para-hydroxylation sites is 1. The summed E-state index contributed by atoms with van der Waals surface area (Å²) in [6.45, 7) is 3.73. The van der Waals surface area contributed by atoms with Crippen molar-refractivity contribution in [2.75, 3.05) is 17.2 Å². The Morgan fingerprint density at radius 3 is 2.47 bits per heavy atom. The summed E-state index contributed by atoms with van der Waals surface area (Å²) >= 11 is 5.96. The lowest BCUT2D eigenvalue weighted by molar-refractivity contribution is -0.136. The number of carbonyl (C=O) groups is 3. The van der Waals surface area contributed by atoms with Crippen molar-refractivity contribution in [1.29, 1.82) is 0 Å². The van der Waals surface area contributed by atoms with Gasteiger partial charge in [0.25, 0.3) is 5.91 Å². The number of amides is 3. The van der Waals surface area contributed by atoms with Gasteiger partial charge < -0.3 is 15.4 Å². The zero-order valence-electron chi connectivity index (χ0n) is 18.6. The van der Waals surface area contributed by atoms with Crippen LogP contribution in [0.25, 0.3) is 0 Å². The molecule has 0 bridgehead atoms. The predicted molar refractivity (Wildman–Crippen MR) is 132 cm³/mol. The molecule has 9 heteroatoms. The van der Waals surface area contributed by atoms with Gasteiger partial charge in [0, 0.05) is 5.69 Å². The van der Waals surface area contributed by atoms with E-state index in [2.05, 4.69) is 21.2 Å². The predicted octanol–water partition coefficient (Wildman–Crippen LogP) is 4.06.